The van der Waals surface area contributed by atoms with E-state index in [0.29, 0.717) is 12.1 Å². The van der Waals surface area contributed by atoms with E-state index in [-0.39, 0.29) is 5.91 Å². The van der Waals surface area contributed by atoms with Gasteiger partial charge in [-0.05, 0) is 34.0 Å². The molecule has 2 N–H and O–H groups in total. The Morgan fingerprint density at radius 1 is 1.44 bits per heavy atom. The summed E-state index contributed by atoms with van der Waals surface area (Å²) in [6, 6.07) is 1.89. The molecule has 0 atom stereocenters. The van der Waals surface area contributed by atoms with Crippen molar-refractivity contribution in [2.24, 2.45) is 0 Å². The number of nitrogens with one attached hydrogen (secondary N) is 2. The fourth-order valence-electron chi connectivity index (χ4n) is 1.57. The van der Waals surface area contributed by atoms with Crippen molar-refractivity contribution >= 4 is 11.6 Å². The molecule has 0 saturated carbocycles. The molecule has 1 heterocycles. The molecule has 1 rings (SSSR count). The number of aryl methyl sites for hydroxylation is 1. The minimum absolute atomic E-state index is 0.0831. The second-order valence-corrected chi connectivity index (χ2v) is 4.46. The molecule has 1 aromatic heterocycles. The molecule has 0 aliphatic rings. The second-order valence-electron chi connectivity index (χ2n) is 4.46. The molecule has 5 heteroatoms. The number of aromatic nitrogens is 1. The number of carbonyl (C=O) groups excluding carboxylic acids is 1. The Hall–Kier alpha value is -1.62. The van der Waals surface area contributed by atoms with Gasteiger partial charge in [0.15, 0.2) is 0 Å². The average Bonchev–Trinajstić information content (AvgIpc) is 2.29. The van der Waals surface area contributed by atoms with Crippen LogP contribution in [0.2, 0.25) is 0 Å². The van der Waals surface area contributed by atoms with Crippen LogP contribution in [-0.2, 0) is 0 Å². The number of anilines is 1. The van der Waals surface area contributed by atoms with Crippen molar-refractivity contribution in [2.45, 2.75) is 13.8 Å². The molecule has 0 saturated heterocycles. The van der Waals surface area contributed by atoms with Crippen LogP contribution in [0.3, 0.4) is 0 Å². The third kappa shape index (κ3) is 4.33. The Morgan fingerprint density at radius 3 is 2.78 bits per heavy atom. The summed E-state index contributed by atoms with van der Waals surface area (Å²) in [6.45, 7) is 6.15. The minimum Gasteiger partial charge on any atom is -0.385 e. The first-order valence-electron chi connectivity index (χ1n) is 6.18. The third-order valence-electron chi connectivity index (χ3n) is 2.50. The first-order valence-corrected chi connectivity index (χ1v) is 6.18. The number of pyridine rings is 1. The van der Waals surface area contributed by atoms with Gasteiger partial charge in [0.1, 0.15) is 0 Å². The van der Waals surface area contributed by atoms with Gasteiger partial charge >= 0.3 is 0 Å². The van der Waals surface area contributed by atoms with Gasteiger partial charge < -0.3 is 15.5 Å². The lowest BCUT2D eigenvalue weighted by molar-refractivity contribution is 0.0951. The molecule has 5 nitrogen and oxygen atoms in total. The van der Waals surface area contributed by atoms with Gasteiger partial charge in [-0.25, -0.2) is 0 Å². The van der Waals surface area contributed by atoms with Gasteiger partial charge in [-0.3, -0.25) is 9.78 Å². The summed E-state index contributed by atoms with van der Waals surface area (Å²) in [5, 5.41) is 6.07. The molecule has 0 bridgehead atoms. The molecular weight excluding hydrogens is 228 g/mol. The number of amides is 1. The van der Waals surface area contributed by atoms with Crippen LogP contribution in [0.5, 0.6) is 0 Å². The van der Waals surface area contributed by atoms with Crippen molar-refractivity contribution in [1.29, 1.82) is 0 Å². The number of likely N-dealkylation sites (N-methyl/N-ethyl adjacent to an activating group) is 1. The summed E-state index contributed by atoms with van der Waals surface area (Å²) in [6.07, 6.45) is 1.62. The molecule has 100 valence electrons. The third-order valence-corrected chi connectivity index (χ3v) is 2.50. The standard InChI is InChI=1S/C13H22N4O/c1-5-14-12-8-10(2)16-9-11(12)13(18)15-6-7-17(3)4/h8-9H,5-7H2,1-4H3,(H,14,16)(H,15,18). The SMILES string of the molecule is CCNc1cc(C)ncc1C(=O)NCCN(C)C. The van der Waals surface area contributed by atoms with Crippen LogP contribution in [0.1, 0.15) is 23.0 Å². The summed E-state index contributed by atoms with van der Waals surface area (Å²) in [5.41, 5.74) is 2.34. The number of nitrogens with zero attached hydrogens (tertiary/aromatic N) is 2. The fraction of sp³-hybridized carbons (Fsp3) is 0.538. The van der Waals surface area contributed by atoms with Crippen LogP contribution >= 0.6 is 0 Å². The maximum Gasteiger partial charge on any atom is 0.254 e. The molecule has 0 spiro atoms. The summed E-state index contributed by atoms with van der Waals surface area (Å²) >= 11 is 0. The van der Waals surface area contributed by atoms with Crippen molar-refractivity contribution in [3.05, 3.63) is 23.5 Å². The van der Waals surface area contributed by atoms with Gasteiger partial charge in [-0.2, -0.15) is 0 Å². The topological polar surface area (TPSA) is 57.3 Å². The minimum atomic E-state index is -0.0831. The van der Waals surface area contributed by atoms with Crippen molar-refractivity contribution in [3.8, 4) is 0 Å². The van der Waals surface area contributed by atoms with Crippen LogP contribution < -0.4 is 10.6 Å². The highest BCUT2D eigenvalue weighted by Crippen LogP contribution is 2.15. The number of hydrogen-bond acceptors (Lipinski definition) is 4. The Bertz CT molecular complexity index is 404. The Morgan fingerprint density at radius 2 is 2.17 bits per heavy atom. The van der Waals surface area contributed by atoms with E-state index in [1.165, 1.54) is 0 Å². The van der Waals surface area contributed by atoms with Gasteiger partial charge in [0.2, 0.25) is 0 Å². The maximum atomic E-state index is 12.0. The van der Waals surface area contributed by atoms with Gasteiger partial charge in [0.05, 0.1) is 11.3 Å². The van der Waals surface area contributed by atoms with E-state index in [9.17, 15) is 4.79 Å². The lowest BCUT2D eigenvalue weighted by Gasteiger charge is -2.13. The lowest BCUT2D eigenvalue weighted by atomic mass is 10.2. The predicted octanol–water partition coefficient (Wildman–Crippen LogP) is 1.11. The molecule has 0 aromatic carbocycles. The van der Waals surface area contributed by atoms with Gasteiger partial charge in [0.25, 0.3) is 5.91 Å². The normalized spacial score (nSPS) is 10.5. The number of hydrogen-bond donors (Lipinski definition) is 2. The van der Waals surface area contributed by atoms with E-state index in [2.05, 4.69) is 15.6 Å². The predicted molar refractivity (Wildman–Crippen MR) is 74.0 cm³/mol. The molecule has 1 amide bonds. The first kappa shape index (κ1) is 14.4. The van der Waals surface area contributed by atoms with Crippen molar-refractivity contribution in [2.75, 3.05) is 39.0 Å². The smallest absolute Gasteiger partial charge is 0.254 e. The highest BCUT2D eigenvalue weighted by molar-refractivity contribution is 5.99. The molecular formula is C13H22N4O. The van der Waals surface area contributed by atoms with E-state index in [1.807, 2.05) is 38.9 Å². The molecule has 0 fully saturated rings. The van der Waals surface area contributed by atoms with Gasteiger partial charge in [-0.15, -0.1) is 0 Å². The second kappa shape index (κ2) is 6.96. The van der Waals surface area contributed by atoms with Crippen LogP contribution in [0, 0.1) is 6.92 Å². The van der Waals surface area contributed by atoms with Crippen LogP contribution in [0.4, 0.5) is 5.69 Å². The highest BCUT2D eigenvalue weighted by atomic mass is 16.1. The molecule has 18 heavy (non-hydrogen) atoms. The Balaban J connectivity index is 2.72. The van der Waals surface area contributed by atoms with Crippen LogP contribution in [-0.4, -0.2) is 49.5 Å². The quantitative estimate of drug-likeness (QED) is 0.794. The van der Waals surface area contributed by atoms with Crippen LogP contribution in [0.25, 0.3) is 0 Å². The van der Waals surface area contributed by atoms with Crippen molar-refractivity contribution in [1.82, 2.24) is 15.2 Å². The summed E-state index contributed by atoms with van der Waals surface area (Å²) in [7, 11) is 3.95. The van der Waals surface area contributed by atoms with Crippen molar-refractivity contribution < 1.29 is 4.79 Å². The molecule has 0 radical (unpaired) electrons. The molecule has 0 unspecified atom stereocenters. The fourth-order valence-corrected chi connectivity index (χ4v) is 1.57. The van der Waals surface area contributed by atoms with E-state index in [0.717, 1.165) is 24.5 Å². The van der Waals surface area contributed by atoms with Crippen LogP contribution in [0.15, 0.2) is 12.3 Å². The average molecular weight is 250 g/mol. The first-order chi connectivity index (χ1) is 8.54. The molecule has 0 aliphatic heterocycles. The number of rotatable bonds is 6. The molecule has 0 aliphatic carbocycles. The lowest BCUT2D eigenvalue weighted by Crippen LogP contribution is -2.31. The Kier molecular flexibility index (Phi) is 5.58. The van der Waals surface area contributed by atoms with E-state index >= 15 is 0 Å². The van der Waals surface area contributed by atoms with E-state index < -0.39 is 0 Å². The summed E-state index contributed by atoms with van der Waals surface area (Å²) in [5.74, 6) is -0.0831. The van der Waals surface area contributed by atoms with Gasteiger partial charge in [0, 0.05) is 31.5 Å². The van der Waals surface area contributed by atoms with E-state index in [1.54, 1.807) is 6.20 Å². The highest BCUT2D eigenvalue weighted by Gasteiger charge is 2.11. The summed E-state index contributed by atoms with van der Waals surface area (Å²) in [4.78, 5) is 18.2. The number of carbonyl (C=O) groups is 1. The zero-order valence-electron chi connectivity index (χ0n) is 11.6. The monoisotopic (exact) mass is 250 g/mol. The van der Waals surface area contributed by atoms with Gasteiger partial charge in [-0.1, -0.05) is 0 Å². The summed E-state index contributed by atoms with van der Waals surface area (Å²) < 4.78 is 0. The van der Waals surface area contributed by atoms with Crippen molar-refractivity contribution in [3.63, 3.8) is 0 Å². The zero-order valence-corrected chi connectivity index (χ0v) is 11.6. The Labute approximate surface area is 109 Å². The zero-order chi connectivity index (χ0) is 13.5. The largest absolute Gasteiger partial charge is 0.385 e. The maximum absolute atomic E-state index is 12.0. The molecule has 1 aromatic rings. The van der Waals surface area contributed by atoms with E-state index in [4.69, 9.17) is 0 Å².